The van der Waals surface area contributed by atoms with E-state index >= 15 is 0 Å². The predicted molar refractivity (Wildman–Crippen MR) is 77.4 cm³/mol. The molecule has 1 unspecified atom stereocenters. The van der Waals surface area contributed by atoms with Crippen molar-refractivity contribution in [3.8, 4) is 0 Å². The first-order valence-electron chi connectivity index (χ1n) is 6.56. The first kappa shape index (κ1) is 15.2. The molecule has 1 aromatic carbocycles. The molecule has 1 aliphatic rings. The van der Waals surface area contributed by atoms with Gasteiger partial charge in [0.05, 0.1) is 4.47 Å². The van der Waals surface area contributed by atoms with Crippen LogP contribution in [-0.2, 0) is 6.54 Å². The van der Waals surface area contributed by atoms with Gasteiger partial charge in [0.15, 0.2) is 0 Å². The van der Waals surface area contributed by atoms with E-state index in [1.54, 1.807) is 0 Å². The van der Waals surface area contributed by atoms with Crippen molar-refractivity contribution in [1.29, 1.82) is 0 Å². The number of hydrogen-bond donors (Lipinski definition) is 0. The van der Waals surface area contributed by atoms with Gasteiger partial charge < -0.3 is 0 Å². The summed E-state index contributed by atoms with van der Waals surface area (Å²) in [6.07, 6.45) is 4.36. The maximum atomic E-state index is 14.0. The topological polar surface area (TPSA) is 3.24 Å². The summed E-state index contributed by atoms with van der Waals surface area (Å²) >= 11 is 9.09. The molecule has 106 valence electrons. The molecule has 0 saturated carbocycles. The van der Waals surface area contributed by atoms with Crippen LogP contribution in [0.2, 0.25) is 0 Å². The highest BCUT2D eigenvalue weighted by atomic mass is 79.9. The van der Waals surface area contributed by atoms with E-state index in [4.69, 9.17) is 11.6 Å². The number of hydrogen-bond acceptors (Lipinski definition) is 1. The lowest BCUT2D eigenvalue weighted by Gasteiger charge is -2.28. The van der Waals surface area contributed by atoms with Crippen molar-refractivity contribution in [2.45, 2.75) is 38.3 Å². The highest BCUT2D eigenvalue weighted by Gasteiger charge is 2.23. The SMILES string of the molecule is Fc1ccc(Br)c(F)c1CN1CCCCCC1CCl. The van der Waals surface area contributed by atoms with Crippen LogP contribution in [0, 0.1) is 11.6 Å². The molecule has 0 N–H and O–H groups in total. The van der Waals surface area contributed by atoms with Crippen molar-refractivity contribution >= 4 is 27.5 Å². The van der Waals surface area contributed by atoms with Crippen LogP contribution in [-0.4, -0.2) is 23.4 Å². The Morgan fingerprint density at radius 3 is 2.79 bits per heavy atom. The fourth-order valence-corrected chi connectivity index (χ4v) is 3.26. The summed E-state index contributed by atoms with van der Waals surface area (Å²) < 4.78 is 28.1. The third kappa shape index (κ3) is 3.67. The molecule has 0 aliphatic carbocycles. The largest absolute Gasteiger partial charge is 0.295 e. The van der Waals surface area contributed by atoms with Crippen molar-refractivity contribution in [3.05, 3.63) is 33.8 Å². The average molecular weight is 353 g/mol. The number of nitrogens with zero attached hydrogens (tertiary/aromatic N) is 1. The number of alkyl halides is 1. The third-order valence-corrected chi connectivity index (χ3v) is 4.65. The van der Waals surface area contributed by atoms with Gasteiger partial charge in [-0.05, 0) is 47.4 Å². The summed E-state index contributed by atoms with van der Waals surface area (Å²) in [4.78, 5) is 2.11. The highest BCUT2D eigenvalue weighted by molar-refractivity contribution is 9.10. The van der Waals surface area contributed by atoms with E-state index in [0.29, 0.717) is 10.4 Å². The smallest absolute Gasteiger partial charge is 0.144 e. The first-order chi connectivity index (χ1) is 9.13. The third-order valence-electron chi connectivity index (χ3n) is 3.68. The summed E-state index contributed by atoms with van der Waals surface area (Å²) in [7, 11) is 0. The molecule has 1 saturated heterocycles. The zero-order valence-corrected chi connectivity index (χ0v) is 13.0. The van der Waals surface area contributed by atoms with E-state index in [1.165, 1.54) is 12.1 Å². The Balaban J connectivity index is 2.21. The fraction of sp³-hybridized carbons (Fsp3) is 0.571. The van der Waals surface area contributed by atoms with Crippen LogP contribution >= 0.6 is 27.5 Å². The van der Waals surface area contributed by atoms with E-state index in [9.17, 15) is 8.78 Å². The molecule has 1 nitrogen and oxygen atoms in total. The Bertz CT molecular complexity index is 442. The van der Waals surface area contributed by atoms with Crippen LogP contribution in [0.25, 0.3) is 0 Å². The second-order valence-electron chi connectivity index (χ2n) is 4.95. The minimum Gasteiger partial charge on any atom is -0.295 e. The summed E-state index contributed by atoms with van der Waals surface area (Å²) in [6.45, 7) is 1.14. The van der Waals surface area contributed by atoms with E-state index in [2.05, 4.69) is 20.8 Å². The van der Waals surface area contributed by atoms with Crippen LogP contribution < -0.4 is 0 Å². The Labute approximate surface area is 126 Å². The normalized spacial score (nSPS) is 21.4. The van der Waals surface area contributed by atoms with Crippen molar-refractivity contribution in [3.63, 3.8) is 0 Å². The van der Waals surface area contributed by atoms with Crippen molar-refractivity contribution < 1.29 is 8.78 Å². The Kier molecular flexibility index (Phi) is 5.60. The molecule has 1 aliphatic heterocycles. The molecule has 0 aromatic heterocycles. The van der Waals surface area contributed by atoms with E-state index in [-0.39, 0.29) is 18.2 Å². The summed E-state index contributed by atoms with van der Waals surface area (Å²) in [5.41, 5.74) is 0.131. The second kappa shape index (κ2) is 7.00. The highest BCUT2D eigenvalue weighted by Crippen LogP contribution is 2.26. The lowest BCUT2D eigenvalue weighted by Crippen LogP contribution is -2.36. The Hall–Kier alpha value is -0.190. The molecule has 5 heteroatoms. The van der Waals surface area contributed by atoms with Gasteiger partial charge in [-0.3, -0.25) is 4.90 Å². The minimum atomic E-state index is -0.502. The fourth-order valence-electron chi connectivity index (χ4n) is 2.54. The van der Waals surface area contributed by atoms with Gasteiger partial charge >= 0.3 is 0 Å². The van der Waals surface area contributed by atoms with Crippen molar-refractivity contribution in [2.24, 2.45) is 0 Å². The van der Waals surface area contributed by atoms with Gasteiger partial charge in [-0.2, -0.15) is 0 Å². The van der Waals surface area contributed by atoms with Gasteiger partial charge in [0.25, 0.3) is 0 Å². The summed E-state index contributed by atoms with van der Waals surface area (Å²) in [6, 6.07) is 2.91. The number of rotatable bonds is 3. The number of halogens is 4. The Morgan fingerprint density at radius 2 is 2.05 bits per heavy atom. The van der Waals surface area contributed by atoms with Gasteiger partial charge in [-0.25, -0.2) is 8.78 Å². The van der Waals surface area contributed by atoms with Crippen molar-refractivity contribution in [2.75, 3.05) is 12.4 Å². The van der Waals surface area contributed by atoms with Crippen LogP contribution in [0.3, 0.4) is 0 Å². The van der Waals surface area contributed by atoms with Crippen LogP contribution in [0.15, 0.2) is 16.6 Å². The maximum absolute atomic E-state index is 14.0. The molecule has 1 heterocycles. The first-order valence-corrected chi connectivity index (χ1v) is 7.88. The van der Waals surface area contributed by atoms with Gasteiger partial charge in [-0.1, -0.05) is 12.8 Å². The molecule has 0 spiro atoms. The molecular formula is C14H17BrClF2N. The zero-order valence-electron chi connectivity index (χ0n) is 10.6. The minimum absolute atomic E-state index is 0.131. The zero-order chi connectivity index (χ0) is 13.8. The standard InChI is InChI=1S/C14H17BrClF2N/c15-12-5-6-13(17)11(14(12)18)9-19-7-3-1-2-4-10(19)8-16/h5-6,10H,1-4,7-9H2. The molecule has 1 fully saturated rings. The van der Waals surface area contributed by atoms with Crippen molar-refractivity contribution in [1.82, 2.24) is 4.90 Å². The van der Waals surface area contributed by atoms with Crippen LogP contribution in [0.5, 0.6) is 0 Å². The van der Waals surface area contributed by atoms with E-state index in [0.717, 1.165) is 32.2 Å². The average Bonchev–Trinajstić information content (AvgIpc) is 2.64. The molecule has 1 aromatic rings. The molecule has 0 radical (unpaired) electrons. The Morgan fingerprint density at radius 1 is 1.26 bits per heavy atom. The quantitative estimate of drug-likeness (QED) is 0.562. The van der Waals surface area contributed by atoms with Crippen LogP contribution in [0.1, 0.15) is 31.2 Å². The molecule has 0 bridgehead atoms. The lowest BCUT2D eigenvalue weighted by atomic mass is 10.1. The van der Waals surface area contributed by atoms with Gasteiger partial charge in [0.1, 0.15) is 11.6 Å². The number of likely N-dealkylation sites (tertiary alicyclic amines) is 1. The monoisotopic (exact) mass is 351 g/mol. The van der Waals surface area contributed by atoms with E-state index in [1.807, 2.05) is 0 Å². The molecule has 2 rings (SSSR count). The predicted octanol–water partition coefficient (Wildman–Crippen LogP) is 4.71. The van der Waals surface area contributed by atoms with E-state index < -0.39 is 11.6 Å². The van der Waals surface area contributed by atoms with Gasteiger partial charge in [0, 0.05) is 24.0 Å². The molecule has 19 heavy (non-hydrogen) atoms. The molecular weight excluding hydrogens is 336 g/mol. The van der Waals surface area contributed by atoms with Gasteiger partial charge in [-0.15, -0.1) is 11.6 Å². The summed E-state index contributed by atoms with van der Waals surface area (Å²) in [5, 5.41) is 0. The van der Waals surface area contributed by atoms with Crippen LogP contribution in [0.4, 0.5) is 8.78 Å². The molecule has 0 amide bonds. The summed E-state index contributed by atoms with van der Waals surface area (Å²) in [5.74, 6) is -0.479. The number of benzene rings is 1. The van der Waals surface area contributed by atoms with Gasteiger partial charge in [0.2, 0.25) is 0 Å². The second-order valence-corrected chi connectivity index (χ2v) is 6.11. The molecule has 1 atom stereocenters. The maximum Gasteiger partial charge on any atom is 0.144 e. The lowest BCUT2D eigenvalue weighted by molar-refractivity contribution is 0.201.